The molecule has 5 aliphatic carbocycles. The molecular formula is C28H36O3. The standard InChI is InChI=1S/C28H36O3/c1-16-7-8-25(3)9-11-28(6)24-21(30)14-18-17(2)23(31)20(29)15-19(18)26(24,4)10-12-27(28,5)22(25)13-16/h14-15,22,24,31H,1,7-13H2,2-6H3/t22-,24+,25-,26+,27+,28-/m1/s1. The molecule has 166 valence electrons. The van der Waals surface area contributed by atoms with Crippen molar-refractivity contribution in [2.75, 3.05) is 0 Å². The number of rotatable bonds is 0. The molecule has 0 amide bonds. The molecule has 5 aliphatic rings. The fraction of sp³-hybridized carbons (Fsp3) is 0.643. The van der Waals surface area contributed by atoms with Gasteiger partial charge in [0.1, 0.15) is 0 Å². The van der Waals surface area contributed by atoms with Gasteiger partial charge in [0.2, 0.25) is 5.78 Å². The zero-order chi connectivity index (χ0) is 22.6. The molecule has 3 fully saturated rings. The number of aliphatic hydroxyl groups excluding tert-OH is 1. The number of carbonyl (C=O) groups excluding carboxylic acids is 2. The fourth-order valence-corrected chi connectivity index (χ4v) is 8.69. The molecule has 0 unspecified atom stereocenters. The summed E-state index contributed by atoms with van der Waals surface area (Å²) in [5.41, 5.74) is 3.58. The normalized spacial score (nSPS) is 47.1. The number of carbonyl (C=O) groups is 2. The van der Waals surface area contributed by atoms with Gasteiger partial charge in [0.05, 0.1) is 0 Å². The van der Waals surface area contributed by atoms with E-state index in [-0.39, 0.29) is 39.5 Å². The minimum absolute atomic E-state index is 0.0702. The maximum atomic E-state index is 13.8. The van der Waals surface area contributed by atoms with Crippen LogP contribution in [0.2, 0.25) is 0 Å². The molecular weight excluding hydrogens is 384 g/mol. The average molecular weight is 421 g/mol. The van der Waals surface area contributed by atoms with Crippen LogP contribution in [0.5, 0.6) is 0 Å². The Labute approximate surface area is 186 Å². The van der Waals surface area contributed by atoms with Crippen molar-refractivity contribution in [3.63, 3.8) is 0 Å². The first-order chi connectivity index (χ1) is 14.4. The van der Waals surface area contributed by atoms with Crippen LogP contribution in [0.25, 0.3) is 0 Å². The minimum Gasteiger partial charge on any atom is -0.504 e. The van der Waals surface area contributed by atoms with Crippen molar-refractivity contribution in [2.45, 2.75) is 79.6 Å². The first-order valence-corrected chi connectivity index (χ1v) is 12.0. The van der Waals surface area contributed by atoms with E-state index in [2.05, 4.69) is 34.3 Å². The smallest absolute Gasteiger partial charge is 0.220 e. The van der Waals surface area contributed by atoms with Crippen molar-refractivity contribution in [1.29, 1.82) is 0 Å². The number of fused-ring (bicyclic) bond motifs is 7. The highest BCUT2D eigenvalue weighted by atomic mass is 16.3. The van der Waals surface area contributed by atoms with E-state index >= 15 is 0 Å². The van der Waals surface area contributed by atoms with E-state index in [0.29, 0.717) is 16.9 Å². The third-order valence-corrected chi connectivity index (χ3v) is 10.9. The minimum atomic E-state index is -0.369. The number of ketones is 2. The predicted octanol–water partition coefficient (Wildman–Crippen LogP) is 6.42. The summed E-state index contributed by atoms with van der Waals surface area (Å²) in [7, 11) is 0. The lowest BCUT2D eigenvalue weighted by molar-refractivity contribution is -0.198. The van der Waals surface area contributed by atoms with Crippen LogP contribution in [0.4, 0.5) is 0 Å². The van der Waals surface area contributed by atoms with Gasteiger partial charge in [0.25, 0.3) is 0 Å². The fourth-order valence-electron chi connectivity index (χ4n) is 8.69. The Morgan fingerprint density at radius 1 is 0.968 bits per heavy atom. The van der Waals surface area contributed by atoms with E-state index in [1.807, 2.05) is 0 Å². The first-order valence-electron chi connectivity index (χ1n) is 12.0. The molecule has 0 heterocycles. The van der Waals surface area contributed by atoms with Gasteiger partial charge >= 0.3 is 0 Å². The highest BCUT2D eigenvalue weighted by Crippen LogP contribution is 2.75. The Bertz CT molecular complexity index is 1020. The third-order valence-electron chi connectivity index (χ3n) is 10.9. The van der Waals surface area contributed by atoms with Gasteiger partial charge in [0.15, 0.2) is 11.5 Å². The summed E-state index contributed by atoms with van der Waals surface area (Å²) < 4.78 is 0. The molecule has 0 aromatic rings. The van der Waals surface area contributed by atoms with Gasteiger partial charge in [0, 0.05) is 16.9 Å². The summed E-state index contributed by atoms with van der Waals surface area (Å²) in [4.78, 5) is 26.4. The lowest BCUT2D eigenvalue weighted by atomic mass is 9.33. The Hall–Kier alpha value is -1.90. The molecule has 0 spiro atoms. The summed E-state index contributed by atoms with van der Waals surface area (Å²) in [5.74, 6) is 0.0654. The molecule has 0 bridgehead atoms. The number of hydrogen-bond acceptors (Lipinski definition) is 3. The zero-order valence-electron chi connectivity index (χ0n) is 19.7. The maximum Gasteiger partial charge on any atom is 0.220 e. The molecule has 0 aromatic heterocycles. The highest BCUT2D eigenvalue weighted by molar-refractivity contribution is 6.09. The Balaban J connectivity index is 1.67. The van der Waals surface area contributed by atoms with Crippen LogP contribution in [0, 0.1) is 33.5 Å². The van der Waals surface area contributed by atoms with Gasteiger partial charge in [-0.15, -0.1) is 0 Å². The van der Waals surface area contributed by atoms with Crippen molar-refractivity contribution < 1.29 is 14.7 Å². The van der Waals surface area contributed by atoms with Crippen LogP contribution in [0.1, 0.15) is 79.6 Å². The van der Waals surface area contributed by atoms with Crippen LogP contribution < -0.4 is 0 Å². The molecule has 3 nitrogen and oxygen atoms in total. The highest BCUT2D eigenvalue weighted by Gasteiger charge is 2.69. The third kappa shape index (κ3) is 2.41. The molecule has 0 saturated heterocycles. The topological polar surface area (TPSA) is 54.4 Å². The lowest BCUT2D eigenvalue weighted by Crippen LogP contribution is -2.65. The second kappa shape index (κ2) is 6.11. The van der Waals surface area contributed by atoms with Gasteiger partial charge in [-0.1, -0.05) is 39.8 Å². The second-order valence-electron chi connectivity index (χ2n) is 12.2. The monoisotopic (exact) mass is 420 g/mol. The molecule has 3 saturated carbocycles. The van der Waals surface area contributed by atoms with E-state index < -0.39 is 0 Å². The number of aliphatic hydroxyl groups is 1. The van der Waals surface area contributed by atoms with Crippen molar-refractivity contribution in [2.24, 2.45) is 33.5 Å². The van der Waals surface area contributed by atoms with E-state index in [4.69, 9.17) is 0 Å². The molecule has 31 heavy (non-hydrogen) atoms. The van der Waals surface area contributed by atoms with Crippen LogP contribution in [-0.2, 0) is 9.59 Å². The predicted molar refractivity (Wildman–Crippen MR) is 122 cm³/mol. The maximum absolute atomic E-state index is 13.8. The quantitative estimate of drug-likeness (QED) is 0.460. The molecule has 0 aromatic carbocycles. The van der Waals surface area contributed by atoms with Gasteiger partial charge in [-0.25, -0.2) is 0 Å². The Morgan fingerprint density at radius 3 is 2.35 bits per heavy atom. The Kier molecular flexibility index (Phi) is 4.14. The van der Waals surface area contributed by atoms with Crippen LogP contribution in [-0.4, -0.2) is 16.7 Å². The summed E-state index contributed by atoms with van der Waals surface area (Å²) >= 11 is 0. The van der Waals surface area contributed by atoms with Gasteiger partial charge in [-0.3, -0.25) is 9.59 Å². The van der Waals surface area contributed by atoms with Crippen LogP contribution in [0.15, 0.2) is 46.8 Å². The van der Waals surface area contributed by atoms with Crippen molar-refractivity contribution in [1.82, 2.24) is 0 Å². The average Bonchev–Trinajstić information content (AvgIpc) is 2.71. The zero-order valence-corrected chi connectivity index (χ0v) is 19.7. The summed E-state index contributed by atoms with van der Waals surface area (Å²) in [6, 6.07) is 0. The largest absolute Gasteiger partial charge is 0.504 e. The molecule has 6 atom stereocenters. The van der Waals surface area contributed by atoms with Gasteiger partial charge in [-0.05, 0) is 97.3 Å². The first kappa shape index (κ1) is 21.0. The van der Waals surface area contributed by atoms with Crippen LogP contribution in [0.3, 0.4) is 0 Å². The second-order valence-corrected chi connectivity index (χ2v) is 12.2. The van der Waals surface area contributed by atoms with Crippen molar-refractivity contribution in [3.05, 3.63) is 46.8 Å². The molecule has 1 N–H and O–H groups in total. The molecule has 3 heteroatoms. The van der Waals surface area contributed by atoms with Crippen molar-refractivity contribution >= 4 is 11.6 Å². The number of hydrogen-bond donors (Lipinski definition) is 1. The molecule has 5 rings (SSSR count). The van der Waals surface area contributed by atoms with E-state index in [1.165, 1.54) is 12.0 Å². The summed E-state index contributed by atoms with van der Waals surface area (Å²) in [5, 5.41) is 10.2. The Morgan fingerprint density at radius 2 is 1.65 bits per heavy atom. The summed E-state index contributed by atoms with van der Waals surface area (Å²) in [6.45, 7) is 15.6. The SMILES string of the molecule is C=C1CC[C@]2(C)CC[C@]3(C)[C@H]4C(=O)C=C5C(=CC(=O)C(O)=C5C)[C@]4(C)CC[C@@]3(C)[C@@H]2C1. The molecule has 0 radical (unpaired) electrons. The van der Waals surface area contributed by atoms with E-state index in [1.54, 1.807) is 19.1 Å². The lowest BCUT2D eigenvalue weighted by Gasteiger charge is -2.70. The van der Waals surface area contributed by atoms with E-state index in [9.17, 15) is 14.7 Å². The summed E-state index contributed by atoms with van der Waals surface area (Å²) in [6.07, 6.45) is 11.0. The van der Waals surface area contributed by atoms with Gasteiger partial charge < -0.3 is 5.11 Å². The molecule has 0 aliphatic heterocycles. The van der Waals surface area contributed by atoms with Gasteiger partial charge in [-0.2, -0.15) is 0 Å². The van der Waals surface area contributed by atoms with E-state index in [0.717, 1.165) is 49.7 Å². The number of allylic oxidation sites excluding steroid dienone is 6. The van der Waals surface area contributed by atoms with Crippen LogP contribution >= 0.6 is 0 Å². The van der Waals surface area contributed by atoms with Crippen molar-refractivity contribution in [3.8, 4) is 0 Å².